The van der Waals surface area contributed by atoms with E-state index in [0.29, 0.717) is 41.2 Å². The summed E-state index contributed by atoms with van der Waals surface area (Å²) in [5.41, 5.74) is 1.84. The van der Waals surface area contributed by atoms with E-state index in [1.807, 2.05) is 36.4 Å². The van der Waals surface area contributed by atoms with E-state index in [9.17, 15) is 0 Å². The minimum Gasteiger partial charge on any atom is -1.00 e. The maximum atomic E-state index is 6.23. The van der Waals surface area contributed by atoms with Crippen molar-refractivity contribution in [3.8, 4) is 11.5 Å². The van der Waals surface area contributed by atoms with Crippen molar-refractivity contribution in [2.45, 2.75) is 19.7 Å². The Bertz CT molecular complexity index is 854. The van der Waals surface area contributed by atoms with Gasteiger partial charge < -0.3 is 31.6 Å². The van der Waals surface area contributed by atoms with Crippen molar-refractivity contribution in [3.05, 3.63) is 81.7 Å². The average molecular weight is 428 g/mol. The predicted octanol–water partition coefficient (Wildman–Crippen LogP) is 2.47. The monoisotopic (exact) mass is 426 g/mol. The maximum Gasteiger partial charge on any atom is 0.166 e. The van der Waals surface area contributed by atoms with Gasteiger partial charge in [0, 0.05) is 27.7 Å². The summed E-state index contributed by atoms with van der Waals surface area (Å²) < 4.78 is 16.8. The molecule has 3 aromatic rings. The summed E-state index contributed by atoms with van der Waals surface area (Å²) in [5, 5.41) is 4.51. The smallest absolute Gasteiger partial charge is 0.166 e. The Morgan fingerprint density at radius 2 is 1.85 bits per heavy atom. The Kier molecular flexibility index (Phi) is 8.32. The first kappa shape index (κ1) is 21.5. The van der Waals surface area contributed by atoms with Gasteiger partial charge in [-0.3, -0.25) is 0 Å². The normalized spacial score (nSPS) is 10.3. The van der Waals surface area contributed by atoms with Crippen LogP contribution in [0.2, 0.25) is 10.0 Å². The first-order valence-electron chi connectivity index (χ1n) is 8.13. The molecule has 0 saturated heterocycles. The minimum atomic E-state index is 0. The fourth-order valence-electron chi connectivity index (χ4n) is 2.55. The van der Waals surface area contributed by atoms with Crippen molar-refractivity contribution in [1.82, 2.24) is 5.32 Å². The molecule has 2 aromatic carbocycles. The van der Waals surface area contributed by atoms with E-state index in [4.69, 9.17) is 37.1 Å². The van der Waals surface area contributed by atoms with Gasteiger partial charge in [-0.25, -0.2) is 0 Å². The summed E-state index contributed by atoms with van der Waals surface area (Å²) in [6.45, 7) is 1.57. The molecular formula is C20H19Cl3NO3-. The average Bonchev–Trinajstić information content (AvgIpc) is 3.15. The zero-order chi connectivity index (χ0) is 18.4. The first-order chi connectivity index (χ1) is 12.7. The largest absolute Gasteiger partial charge is 1.00 e. The number of hydrogen-bond acceptors (Lipinski definition) is 4. The van der Waals surface area contributed by atoms with Gasteiger partial charge in [0.1, 0.15) is 12.4 Å². The van der Waals surface area contributed by atoms with E-state index >= 15 is 0 Å². The lowest BCUT2D eigenvalue weighted by molar-refractivity contribution is -0.00000613. The summed E-state index contributed by atoms with van der Waals surface area (Å²) in [7, 11) is 1.62. The third kappa shape index (κ3) is 5.81. The Morgan fingerprint density at radius 3 is 2.56 bits per heavy atom. The molecule has 0 aliphatic rings. The molecule has 0 saturated carbocycles. The first-order valence-corrected chi connectivity index (χ1v) is 8.88. The van der Waals surface area contributed by atoms with Crippen LogP contribution in [0.1, 0.15) is 16.9 Å². The van der Waals surface area contributed by atoms with Crippen LogP contribution in [0.25, 0.3) is 0 Å². The zero-order valence-electron chi connectivity index (χ0n) is 14.7. The lowest BCUT2D eigenvalue weighted by Crippen LogP contribution is -3.00. The summed E-state index contributed by atoms with van der Waals surface area (Å²) in [4.78, 5) is 0. The van der Waals surface area contributed by atoms with E-state index in [0.717, 1.165) is 16.9 Å². The number of methoxy groups -OCH3 is 1. The molecule has 144 valence electrons. The second-order valence-electron chi connectivity index (χ2n) is 5.66. The number of nitrogens with one attached hydrogen (secondary N) is 1. The van der Waals surface area contributed by atoms with E-state index in [2.05, 4.69) is 5.32 Å². The highest BCUT2D eigenvalue weighted by atomic mass is 35.5. The summed E-state index contributed by atoms with van der Waals surface area (Å²) in [5.74, 6) is 2.24. The van der Waals surface area contributed by atoms with Crippen LogP contribution in [0.15, 0.2) is 59.2 Å². The van der Waals surface area contributed by atoms with Crippen molar-refractivity contribution >= 4 is 23.2 Å². The van der Waals surface area contributed by atoms with Crippen LogP contribution in [0.5, 0.6) is 11.5 Å². The van der Waals surface area contributed by atoms with Crippen LogP contribution in [0.4, 0.5) is 0 Å². The van der Waals surface area contributed by atoms with Gasteiger partial charge in [0.25, 0.3) is 0 Å². The summed E-state index contributed by atoms with van der Waals surface area (Å²) in [6.07, 6.45) is 1.66. The maximum absolute atomic E-state index is 6.23. The SMILES string of the molecule is COc1cccc(CNCc2ccco2)c1OCc1ccc(Cl)cc1Cl.[Cl-]. The van der Waals surface area contributed by atoms with Crippen molar-refractivity contribution < 1.29 is 26.3 Å². The molecule has 3 rings (SSSR count). The predicted molar refractivity (Wildman–Crippen MR) is 103 cm³/mol. The van der Waals surface area contributed by atoms with E-state index in [1.54, 1.807) is 25.5 Å². The molecule has 0 fully saturated rings. The lowest BCUT2D eigenvalue weighted by atomic mass is 10.1. The molecule has 0 radical (unpaired) electrons. The van der Waals surface area contributed by atoms with Gasteiger partial charge >= 0.3 is 0 Å². The second-order valence-corrected chi connectivity index (χ2v) is 6.50. The molecule has 0 unspecified atom stereocenters. The number of para-hydroxylation sites is 1. The number of rotatable bonds is 8. The Morgan fingerprint density at radius 1 is 1.00 bits per heavy atom. The van der Waals surface area contributed by atoms with E-state index in [1.165, 1.54) is 0 Å². The van der Waals surface area contributed by atoms with Crippen LogP contribution < -0.4 is 27.2 Å². The summed E-state index contributed by atoms with van der Waals surface area (Å²) in [6, 6.07) is 15.0. The molecule has 0 amide bonds. The summed E-state index contributed by atoms with van der Waals surface area (Å²) >= 11 is 12.2. The Balaban J connectivity index is 0.00000261. The van der Waals surface area contributed by atoms with Gasteiger partial charge in [0.15, 0.2) is 11.5 Å². The molecule has 0 atom stereocenters. The molecular weight excluding hydrogens is 409 g/mol. The highest BCUT2D eigenvalue weighted by molar-refractivity contribution is 6.35. The van der Waals surface area contributed by atoms with Crippen molar-refractivity contribution in [1.29, 1.82) is 0 Å². The molecule has 1 aromatic heterocycles. The second kappa shape index (κ2) is 10.5. The molecule has 0 spiro atoms. The van der Waals surface area contributed by atoms with Crippen molar-refractivity contribution in [3.63, 3.8) is 0 Å². The van der Waals surface area contributed by atoms with Crippen LogP contribution >= 0.6 is 23.2 Å². The highest BCUT2D eigenvalue weighted by Crippen LogP contribution is 2.32. The van der Waals surface area contributed by atoms with Crippen molar-refractivity contribution in [2.75, 3.05) is 7.11 Å². The molecule has 0 aliphatic heterocycles. The quantitative estimate of drug-likeness (QED) is 0.600. The van der Waals surface area contributed by atoms with Crippen molar-refractivity contribution in [2.24, 2.45) is 0 Å². The van der Waals surface area contributed by atoms with Crippen LogP contribution in [-0.4, -0.2) is 7.11 Å². The fourth-order valence-corrected chi connectivity index (χ4v) is 3.01. The van der Waals surface area contributed by atoms with E-state index in [-0.39, 0.29) is 12.4 Å². The van der Waals surface area contributed by atoms with Crippen LogP contribution in [-0.2, 0) is 19.7 Å². The number of halogens is 3. The molecule has 7 heteroatoms. The van der Waals surface area contributed by atoms with E-state index < -0.39 is 0 Å². The van der Waals surface area contributed by atoms with Gasteiger partial charge in [0.05, 0.1) is 19.9 Å². The number of benzene rings is 2. The molecule has 1 N–H and O–H groups in total. The zero-order valence-corrected chi connectivity index (χ0v) is 16.9. The van der Waals surface area contributed by atoms with Gasteiger partial charge in [0.2, 0.25) is 0 Å². The number of ether oxygens (including phenoxy) is 2. The third-order valence-electron chi connectivity index (χ3n) is 3.86. The fraction of sp³-hybridized carbons (Fsp3) is 0.200. The lowest BCUT2D eigenvalue weighted by Gasteiger charge is -2.16. The highest BCUT2D eigenvalue weighted by Gasteiger charge is 2.12. The topological polar surface area (TPSA) is 43.6 Å². The molecule has 0 bridgehead atoms. The number of furan rings is 1. The van der Waals surface area contributed by atoms with Gasteiger partial charge in [-0.05, 0) is 30.3 Å². The Labute approximate surface area is 174 Å². The third-order valence-corrected chi connectivity index (χ3v) is 4.45. The number of hydrogen-bond donors (Lipinski definition) is 1. The van der Waals surface area contributed by atoms with Crippen LogP contribution in [0, 0.1) is 0 Å². The van der Waals surface area contributed by atoms with Gasteiger partial charge in [-0.1, -0.05) is 41.4 Å². The molecule has 4 nitrogen and oxygen atoms in total. The molecule has 1 heterocycles. The van der Waals surface area contributed by atoms with Crippen LogP contribution in [0.3, 0.4) is 0 Å². The molecule has 0 aliphatic carbocycles. The molecule has 27 heavy (non-hydrogen) atoms. The minimum absolute atomic E-state index is 0. The Hall–Kier alpha value is -1.85. The van der Waals surface area contributed by atoms with Gasteiger partial charge in [-0.2, -0.15) is 0 Å². The standard InChI is InChI=1S/C20H19Cl2NO3.ClH/c1-24-19-6-2-4-14(11-23-12-17-5-3-9-25-17)20(19)26-13-15-7-8-16(21)10-18(15)22;/h2-10,23H,11-13H2,1H3;1H/p-1. The van der Waals surface area contributed by atoms with Gasteiger partial charge in [-0.15, -0.1) is 0 Å².